The molecule has 0 aliphatic rings. The van der Waals surface area contributed by atoms with Crippen molar-refractivity contribution >= 4 is 21.2 Å². The van der Waals surface area contributed by atoms with E-state index in [1.807, 2.05) is 13.8 Å². The van der Waals surface area contributed by atoms with Crippen LogP contribution in [-0.4, -0.2) is 73.0 Å². The number of carbonyl (C=O) groups is 2. The van der Waals surface area contributed by atoms with Crippen LogP contribution in [0, 0.1) is 0 Å². The highest BCUT2D eigenvalue weighted by molar-refractivity contribution is 6.44. The third kappa shape index (κ3) is 7.53. The summed E-state index contributed by atoms with van der Waals surface area (Å²) in [5.74, 6) is -1.11. The van der Waals surface area contributed by atoms with Crippen LogP contribution in [0.5, 0.6) is 0 Å². The van der Waals surface area contributed by atoms with Crippen LogP contribution in [-0.2, 0) is 32.8 Å². The standard InChI is InChI=1S/C12H25NO7Si/c1-6-19-21(20-7-2)9-13(18-5)10(12(15)17-4)8-11(14)16-3/h10,21H,6-9H2,1-5H3. The lowest BCUT2D eigenvalue weighted by Crippen LogP contribution is -2.48. The Bertz CT molecular complexity index is 310. The summed E-state index contributed by atoms with van der Waals surface area (Å²) in [6.07, 6.45) is 0.116. The van der Waals surface area contributed by atoms with Crippen LogP contribution in [0.4, 0.5) is 0 Å². The molecule has 0 amide bonds. The smallest absolute Gasteiger partial charge is 0.338 e. The Labute approximate surface area is 127 Å². The van der Waals surface area contributed by atoms with Gasteiger partial charge in [-0.1, -0.05) is 0 Å². The quantitative estimate of drug-likeness (QED) is 0.293. The largest absolute Gasteiger partial charge is 0.469 e. The lowest BCUT2D eigenvalue weighted by Gasteiger charge is -2.29. The number of esters is 2. The molecule has 0 saturated carbocycles. The lowest BCUT2D eigenvalue weighted by atomic mass is 10.2. The maximum absolute atomic E-state index is 11.8. The van der Waals surface area contributed by atoms with Crippen molar-refractivity contribution in [1.29, 1.82) is 0 Å². The van der Waals surface area contributed by atoms with E-state index >= 15 is 0 Å². The van der Waals surface area contributed by atoms with Crippen LogP contribution in [0.25, 0.3) is 0 Å². The molecule has 9 heteroatoms. The monoisotopic (exact) mass is 323 g/mol. The molecule has 0 fully saturated rings. The predicted octanol–water partition coefficient (Wildman–Crippen LogP) is -0.213. The molecule has 124 valence electrons. The van der Waals surface area contributed by atoms with Crippen LogP contribution >= 0.6 is 0 Å². The molecule has 0 aliphatic carbocycles. The number of hydrogen-bond donors (Lipinski definition) is 0. The first-order valence-corrected chi connectivity index (χ1v) is 8.48. The van der Waals surface area contributed by atoms with Gasteiger partial charge in [-0.15, -0.1) is 0 Å². The highest BCUT2D eigenvalue weighted by Gasteiger charge is 2.33. The summed E-state index contributed by atoms with van der Waals surface area (Å²) in [6, 6.07) is -0.900. The van der Waals surface area contributed by atoms with Crippen LogP contribution in [0.15, 0.2) is 0 Å². The molecule has 0 N–H and O–H groups in total. The number of hydroxylamine groups is 2. The molecular weight excluding hydrogens is 298 g/mol. The van der Waals surface area contributed by atoms with Gasteiger partial charge in [-0.3, -0.25) is 9.59 Å². The third-order valence-corrected chi connectivity index (χ3v) is 4.75. The maximum atomic E-state index is 11.8. The molecule has 0 spiro atoms. The highest BCUT2D eigenvalue weighted by Crippen LogP contribution is 2.10. The van der Waals surface area contributed by atoms with E-state index in [2.05, 4.69) is 4.74 Å². The van der Waals surface area contributed by atoms with Gasteiger partial charge in [-0.05, 0) is 13.8 Å². The van der Waals surface area contributed by atoms with Crippen LogP contribution < -0.4 is 0 Å². The molecule has 0 aromatic heterocycles. The first kappa shape index (κ1) is 20.0. The second kappa shape index (κ2) is 11.6. The lowest BCUT2D eigenvalue weighted by molar-refractivity contribution is -0.187. The first-order chi connectivity index (χ1) is 10.0. The molecule has 0 aliphatic heterocycles. The van der Waals surface area contributed by atoms with Crippen molar-refractivity contribution in [2.45, 2.75) is 26.3 Å². The topological polar surface area (TPSA) is 83.5 Å². The Balaban J connectivity index is 4.92. The molecule has 0 heterocycles. The number of nitrogens with zero attached hydrogens (tertiary/aromatic N) is 1. The molecule has 0 aromatic rings. The Hall–Kier alpha value is -1.00. The molecule has 0 radical (unpaired) electrons. The van der Waals surface area contributed by atoms with Crippen LogP contribution in [0.2, 0.25) is 0 Å². The average Bonchev–Trinajstić information content (AvgIpc) is 2.49. The molecule has 8 nitrogen and oxygen atoms in total. The highest BCUT2D eigenvalue weighted by atomic mass is 28.3. The Morgan fingerprint density at radius 2 is 1.62 bits per heavy atom. The van der Waals surface area contributed by atoms with Gasteiger partial charge in [-0.25, -0.2) is 0 Å². The molecule has 1 atom stereocenters. The van der Waals surface area contributed by atoms with E-state index < -0.39 is 27.3 Å². The van der Waals surface area contributed by atoms with Crippen molar-refractivity contribution in [3.8, 4) is 0 Å². The van der Waals surface area contributed by atoms with Gasteiger partial charge in [0.25, 0.3) is 0 Å². The second-order valence-electron chi connectivity index (χ2n) is 3.94. The van der Waals surface area contributed by atoms with Crippen molar-refractivity contribution < 1.29 is 32.8 Å². The molecule has 0 rings (SSSR count). The van der Waals surface area contributed by atoms with Gasteiger partial charge in [0.2, 0.25) is 0 Å². The van der Waals surface area contributed by atoms with Gasteiger partial charge in [0.1, 0.15) is 6.04 Å². The average molecular weight is 323 g/mol. The van der Waals surface area contributed by atoms with E-state index in [9.17, 15) is 9.59 Å². The van der Waals surface area contributed by atoms with Gasteiger partial charge in [0, 0.05) is 13.2 Å². The first-order valence-electron chi connectivity index (χ1n) is 6.72. The third-order valence-electron chi connectivity index (χ3n) is 2.68. The zero-order chi connectivity index (χ0) is 16.3. The fraction of sp³-hybridized carbons (Fsp3) is 0.833. The van der Waals surface area contributed by atoms with Crippen molar-refractivity contribution in [3.05, 3.63) is 0 Å². The van der Waals surface area contributed by atoms with Crippen LogP contribution in [0.1, 0.15) is 20.3 Å². The van der Waals surface area contributed by atoms with Crippen LogP contribution in [0.3, 0.4) is 0 Å². The van der Waals surface area contributed by atoms with E-state index in [1.54, 1.807) is 0 Å². The molecular formula is C12H25NO7Si. The number of hydrogen-bond acceptors (Lipinski definition) is 8. The maximum Gasteiger partial charge on any atom is 0.338 e. The summed E-state index contributed by atoms with van der Waals surface area (Å²) in [4.78, 5) is 28.5. The minimum atomic E-state index is -2.03. The minimum Gasteiger partial charge on any atom is -0.469 e. The van der Waals surface area contributed by atoms with E-state index in [1.165, 1.54) is 26.4 Å². The second-order valence-corrected chi connectivity index (χ2v) is 5.83. The molecule has 0 aromatic carbocycles. The number of methoxy groups -OCH3 is 2. The number of ether oxygens (including phenoxy) is 2. The van der Waals surface area contributed by atoms with E-state index in [-0.39, 0.29) is 12.6 Å². The predicted molar refractivity (Wildman–Crippen MR) is 76.6 cm³/mol. The normalized spacial score (nSPS) is 12.5. The van der Waals surface area contributed by atoms with E-state index in [0.29, 0.717) is 13.2 Å². The minimum absolute atomic E-state index is 0.170. The van der Waals surface area contributed by atoms with E-state index in [0.717, 1.165) is 0 Å². The number of carbonyl (C=O) groups excluding carboxylic acids is 2. The van der Waals surface area contributed by atoms with Crippen molar-refractivity contribution in [2.24, 2.45) is 0 Å². The van der Waals surface area contributed by atoms with Gasteiger partial charge in [0.15, 0.2) is 0 Å². The fourth-order valence-electron chi connectivity index (χ4n) is 1.68. The molecule has 1 unspecified atom stereocenters. The fourth-order valence-corrected chi connectivity index (χ4v) is 3.43. The summed E-state index contributed by atoms with van der Waals surface area (Å²) in [5.41, 5.74) is 0. The summed E-state index contributed by atoms with van der Waals surface area (Å²) < 4.78 is 20.4. The Morgan fingerprint density at radius 3 is 2.00 bits per heavy atom. The molecule has 0 saturated heterocycles. The van der Waals surface area contributed by atoms with Gasteiger partial charge in [-0.2, -0.15) is 5.06 Å². The van der Waals surface area contributed by atoms with Crippen molar-refractivity contribution in [3.63, 3.8) is 0 Å². The van der Waals surface area contributed by atoms with Crippen molar-refractivity contribution in [2.75, 3.05) is 40.7 Å². The molecule has 0 bridgehead atoms. The van der Waals surface area contributed by atoms with Gasteiger partial charge < -0.3 is 23.2 Å². The zero-order valence-electron chi connectivity index (χ0n) is 13.3. The Kier molecular flexibility index (Phi) is 11.1. The zero-order valence-corrected chi connectivity index (χ0v) is 14.4. The van der Waals surface area contributed by atoms with E-state index in [4.69, 9.17) is 18.4 Å². The SMILES string of the molecule is CCO[SiH](CN(OC)C(CC(=O)OC)C(=O)OC)OCC. The number of rotatable bonds is 11. The molecule has 21 heavy (non-hydrogen) atoms. The van der Waals surface area contributed by atoms with Crippen molar-refractivity contribution in [1.82, 2.24) is 5.06 Å². The Morgan fingerprint density at radius 1 is 1.05 bits per heavy atom. The van der Waals surface area contributed by atoms with Gasteiger partial charge >= 0.3 is 21.2 Å². The summed E-state index contributed by atoms with van der Waals surface area (Å²) in [5, 5.41) is 1.35. The van der Waals surface area contributed by atoms with Gasteiger partial charge in [0.05, 0.1) is 33.9 Å². The summed E-state index contributed by atoms with van der Waals surface area (Å²) in [6.45, 7) is 4.74. The summed E-state index contributed by atoms with van der Waals surface area (Å²) in [7, 11) is 1.89. The summed E-state index contributed by atoms with van der Waals surface area (Å²) >= 11 is 0.